The van der Waals surface area contributed by atoms with Crippen molar-refractivity contribution < 1.29 is 4.79 Å². The van der Waals surface area contributed by atoms with Gasteiger partial charge in [-0.15, -0.1) is 11.3 Å². The molecule has 6 heteroatoms. The minimum Gasteiger partial charge on any atom is -0.356 e. The Morgan fingerprint density at radius 3 is 2.67 bits per heavy atom. The molecule has 1 fully saturated rings. The lowest BCUT2D eigenvalue weighted by atomic mass is 10.0. The van der Waals surface area contributed by atoms with Crippen molar-refractivity contribution in [3.63, 3.8) is 0 Å². The molecule has 1 saturated heterocycles. The van der Waals surface area contributed by atoms with Crippen molar-refractivity contribution >= 4 is 23.1 Å². The van der Waals surface area contributed by atoms with Crippen LogP contribution in [0.2, 0.25) is 0 Å². The van der Waals surface area contributed by atoms with Crippen molar-refractivity contribution in [3.8, 4) is 6.07 Å². The van der Waals surface area contributed by atoms with E-state index in [2.05, 4.69) is 21.3 Å². The van der Waals surface area contributed by atoms with Crippen LogP contribution in [0, 0.1) is 25.2 Å². The summed E-state index contributed by atoms with van der Waals surface area (Å²) in [6.07, 6.45) is 1.76. The van der Waals surface area contributed by atoms with E-state index in [0.717, 1.165) is 47.1 Å². The minimum absolute atomic E-state index is 0.0202. The molecule has 0 saturated carbocycles. The van der Waals surface area contributed by atoms with Gasteiger partial charge in [0, 0.05) is 24.0 Å². The number of piperidine rings is 1. The number of pyridine rings is 1. The highest BCUT2D eigenvalue weighted by atomic mass is 32.1. The second kappa shape index (κ2) is 7.02. The van der Waals surface area contributed by atoms with Gasteiger partial charge in [0.2, 0.25) is 0 Å². The molecule has 124 valence electrons. The van der Waals surface area contributed by atoms with Gasteiger partial charge in [0.15, 0.2) is 0 Å². The number of carbonyl (C=O) groups is 1. The fourth-order valence-electron chi connectivity index (χ4n) is 2.87. The van der Waals surface area contributed by atoms with Crippen LogP contribution in [-0.2, 0) is 0 Å². The van der Waals surface area contributed by atoms with Gasteiger partial charge in [-0.3, -0.25) is 4.79 Å². The second-order valence-electron chi connectivity index (χ2n) is 6.09. The summed E-state index contributed by atoms with van der Waals surface area (Å²) in [7, 11) is 0. The number of nitriles is 1. The molecular formula is C18H20N4OS. The molecule has 1 aliphatic rings. The molecule has 0 spiro atoms. The summed E-state index contributed by atoms with van der Waals surface area (Å²) < 4.78 is 0. The second-order valence-corrected chi connectivity index (χ2v) is 7.38. The smallest absolute Gasteiger partial charge is 0.261 e. The topological polar surface area (TPSA) is 69.0 Å². The Kier molecular flexibility index (Phi) is 4.81. The SMILES string of the molecule is Cc1ccc(C(=O)NC2CCN(c3ccc(C)c(C#N)n3)CC2)s1. The molecule has 24 heavy (non-hydrogen) atoms. The standard InChI is InChI=1S/C18H20N4OS/c1-12-3-6-17(21-15(12)11-19)22-9-7-14(8-10-22)20-18(23)16-5-4-13(2)24-16/h3-6,14H,7-10H2,1-2H3,(H,20,23). The molecule has 0 atom stereocenters. The van der Waals surface area contributed by atoms with Crippen LogP contribution in [0.25, 0.3) is 0 Å². The molecule has 2 aromatic heterocycles. The number of aromatic nitrogens is 1. The molecular weight excluding hydrogens is 320 g/mol. The number of hydrogen-bond acceptors (Lipinski definition) is 5. The molecule has 5 nitrogen and oxygen atoms in total. The number of nitrogens with zero attached hydrogens (tertiary/aromatic N) is 3. The average Bonchev–Trinajstić information content (AvgIpc) is 3.03. The first kappa shape index (κ1) is 16.5. The maximum Gasteiger partial charge on any atom is 0.261 e. The van der Waals surface area contributed by atoms with Crippen molar-refractivity contribution in [2.24, 2.45) is 0 Å². The van der Waals surface area contributed by atoms with Gasteiger partial charge in [0.25, 0.3) is 5.91 Å². The summed E-state index contributed by atoms with van der Waals surface area (Å²) in [6, 6.07) is 10.1. The van der Waals surface area contributed by atoms with Gasteiger partial charge in [-0.2, -0.15) is 5.26 Å². The highest BCUT2D eigenvalue weighted by Crippen LogP contribution is 2.21. The number of hydrogen-bond donors (Lipinski definition) is 1. The van der Waals surface area contributed by atoms with Crippen LogP contribution >= 0.6 is 11.3 Å². The van der Waals surface area contributed by atoms with Crippen LogP contribution < -0.4 is 10.2 Å². The van der Waals surface area contributed by atoms with Crippen molar-refractivity contribution in [1.29, 1.82) is 5.26 Å². The molecule has 3 rings (SSSR count). The van der Waals surface area contributed by atoms with Gasteiger partial charge in [-0.05, 0) is 50.5 Å². The van der Waals surface area contributed by atoms with Crippen LogP contribution in [0.15, 0.2) is 24.3 Å². The maximum atomic E-state index is 12.2. The number of anilines is 1. The van der Waals surface area contributed by atoms with Gasteiger partial charge >= 0.3 is 0 Å². The number of rotatable bonds is 3. The molecule has 0 aliphatic carbocycles. The van der Waals surface area contributed by atoms with Crippen molar-refractivity contribution in [1.82, 2.24) is 10.3 Å². The lowest BCUT2D eigenvalue weighted by molar-refractivity contribution is 0.0935. The van der Waals surface area contributed by atoms with E-state index in [-0.39, 0.29) is 11.9 Å². The summed E-state index contributed by atoms with van der Waals surface area (Å²) in [5.41, 5.74) is 1.38. The Hall–Kier alpha value is -2.39. The zero-order valence-corrected chi connectivity index (χ0v) is 14.7. The highest BCUT2D eigenvalue weighted by Gasteiger charge is 2.22. The van der Waals surface area contributed by atoms with E-state index in [0.29, 0.717) is 5.69 Å². The van der Waals surface area contributed by atoms with Crippen LogP contribution in [0.3, 0.4) is 0 Å². The third-order valence-electron chi connectivity index (χ3n) is 4.31. The Labute approximate surface area is 145 Å². The first-order valence-electron chi connectivity index (χ1n) is 8.07. The minimum atomic E-state index is 0.0202. The fourth-order valence-corrected chi connectivity index (χ4v) is 3.64. The molecule has 1 N–H and O–H groups in total. The van der Waals surface area contributed by atoms with Gasteiger partial charge < -0.3 is 10.2 Å². The summed E-state index contributed by atoms with van der Waals surface area (Å²) in [4.78, 5) is 20.8. The Morgan fingerprint density at radius 2 is 2.04 bits per heavy atom. The number of carbonyl (C=O) groups excluding carboxylic acids is 1. The Balaban J connectivity index is 1.58. The largest absolute Gasteiger partial charge is 0.356 e. The highest BCUT2D eigenvalue weighted by molar-refractivity contribution is 7.13. The molecule has 0 bridgehead atoms. The monoisotopic (exact) mass is 340 g/mol. The van der Waals surface area contributed by atoms with Crippen LogP contribution in [-0.4, -0.2) is 30.0 Å². The third kappa shape index (κ3) is 3.57. The van der Waals surface area contributed by atoms with Crippen LogP contribution in [0.1, 0.15) is 38.6 Å². The van der Waals surface area contributed by atoms with Crippen molar-refractivity contribution in [3.05, 3.63) is 45.3 Å². The lowest BCUT2D eigenvalue weighted by Crippen LogP contribution is -2.44. The molecule has 3 heterocycles. The first-order valence-corrected chi connectivity index (χ1v) is 8.88. The van der Waals surface area contributed by atoms with Crippen molar-refractivity contribution in [2.75, 3.05) is 18.0 Å². The van der Waals surface area contributed by atoms with E-state index in [9.17, 15) is 4.79 Å². The molecule has 0 aromatic carbocycles. The van der Waals surface area contributed by atoms with E-state index in [4.69, 9.17) is 5.26 Å². The summed E-state index contributed by atoms with van der Waals surface area (Å²) >= 11 is 1.52. The predicted molar refractivity (Wildman–Crippen MR) is 95.4 cm³/mol. The number of aryl methyl sites for hydroxylation is 2. The summed E-state index contributed by atoms with van der Waals surface area (Å²) in [5.74, 6) is 0.864. The molecule has 2 aromatic rings. The quantitative estimate of drug-likeness (QED) is 0.932. The van der Waals surface area contributed by atoms with Gasteiger partial charge in [-0.1, -0.05) is 6.07 Å². The van der Waals surface area contributed by atoms with Crippen molar-refractivity contribution in [2.45, 2.75) is 32.7 Å². The van der Waals surface area contributed by atoms with E-state index in [1.165, 1.54) is 11.3 Å². The van der Waals surface area contributed by atoms with Gasteiger partial charge in [0.05, 0.1) is 4.88 Å². The molecule has 0 radical (unpaired) electrons. The van der Waals surface area contributed by atoms with E-state index in [1.54, 1.807) is 0 Å². The van der Waals surface area contributed by atoms with E-state index in [1.807, 2.05) is 38.1 Å². The Bertz CT molecular complexity index is 785. The lowest BCUT2D eigenvalue weighted by Gasteiger charge is -2.33. The fraction of sp³-hybridized carbons (Fsp3) is 0.389. The van der Waals surface area contributed by atoms with Gasteiger partial charge in [0.1, 0.15) is 17.6 Å². The van der Waals surface area contributed by atoms with E-state index >= 15 is 0 Å². The zero-order valence-electron chi connectivity index (χ0n) is 13.9. The predicted octanol–water partition coefficient (Wildman–Crippen LogP) is 3.03. The number of nitrogens with one attached hydrogen (secondary N) is 1. The molecule has 1 amide bonds. The summed E-state index contributed by atoms with van der Waals surface area (Å²) in [5, 5.41) is 12.2. The molecule has 0 unspecified atom stereocenters. The molecule has 1 aliphatic heterocycles. The zero-order chi connectivity index (χ0) is 17.1. The van der Waals surface area contributed by atoms with Gasteiger partial charge in [-0.25, -0.2) is 4.98 Å². The normalized spacial score (nSPS) is 15.1. The number of amides is 1. The van der Waals surface area contributed by atoms with Crippen LogP contribution in [0.4, 0.5) is 5.82 Å². The first-order chi connectivity index (χ1) is 11.6. The maximum absolute atomic E-state index is 12.2. The van der Waals surface area contributed by atoms with E-state index < -0.39 is 0 Å². The third-order valence-corrected chi connectivity index (χ3v) is 5.31. The number of thiophene rings is 1. The Morgan fingerprint density at radius 1 is 1.29 bits per heavy atom. The average molecular weight is 340 g/mol. The summed E-state index contributed by atoms with van der Waals surface area (Å²) in [6.45, 7) is 5.55. The van der Waals surface area contributed by atoms with Crippen LogP contribution in [0.5, 0.6) is 0 Å².